The Hall–Kier alpha value is -4.76. The highest BCUT2D eigenvalue weighted by molar-refractivity contribution is 5.61. The molecule has 16 heteroatoms. The van der Waals surface area contributed by atoms with Crippen molar-refractivity contribution >= 4 is 11.4 Å². The lowest BCUT2D eigenvalue weighted by atomic mass is 9.72. The van der Waals surface area contributed by atoms with Crippen LogP contribution < -0.4 is 20.9 Å². The number of anilines is 2. The molecule has 0 saturated heterocycles. The van der Waals surface area contributed by atoms with Crippen LogP contribution in [0.4, 0.5) is 64.1 Å². The number of nitrogens with two attached hydrogens (primary N) is 2. The summed E-state index contributed by atoms with van der Waals surface area (Å²) in [4.78, 5) is 0. The number of alkyl halides is 12. The van der Waals surface area contributed by atoms with E-state index in [2.05, 4.69) is 0 Å². The van der Waals surface area contributed by atoms with E-state index in [0.29, 0.717) is 36.4 Å². The van der Waals surface area contributed by atoms with Crippen LogP contribution in [0.3, 0.4) is 0 Å². The molecule has 4 rings (SSSR count). The van der Waals surface area contributed by atoms with Crippen LogP contribution in [0.1, 0.15) is 22.3 Å². The predicted molar refractivity (Wildman–Crippen MR) is 138 cm³/mol. The minimum Gasteiger partial charge on any atom is -0.456 e. The molecule has 0 fully saturated rings. The van der Waals surface area contributed by atoms with E-state index in [1.165, 1.54) is 0 Å². The molecule has 45 heavy (non-hydrogen) atoms. The van der Waals surface area contributed by atoms with E-state index in [9.17, 15) is 26.3 Å². The molecule has 0 heterocycles. The first kappa shape index (κ1) is 33.1. The fourth-order valence-electron chi connectivity index (χ4n) is 4.76. The Morgan fingerprint density at radius 3 is 1.02 bits per heavy atom. The van der Waals surface area contributed by atoms with Gasteiger partial charge in [0.2, 0.25) is 5.41 Å². The van der Waals surface area contributed by atoms with Crippen molar-refractivity contribution in [1.29, 1.82) is 0 Å². The van der Waals surface area contributed by atoms with E-state index in [0.717, 1.165) is 48.5 Å². The molecule has 240 valence electrons. The summed E-state index contributed by atoms with van der Waals surface area (Å²) >= 11 is 0. The lowest BCUT2D eigenvalue weighted by Gasteiger charge is -2.39. The smallest absolute Gasteiger partial charge is 0.421 e. The third-order valence-electron chi connectivity index (χ3n) is 6.56. The number of para-hydroxylation sites is 2. The third-order valence-corrected chi connectivity index (χ3v) is 6.56. The lowest BCUT2D eigenvalue weighted by molar-refractivity contribution is -0.289. The van der Waals surface area contributed by atoms with Gasteiger partial charge in [0.05, 0.1) is 0 Å². The first-order valence-corrected chi connectivity index (χ1v) is 12.3. The van der Waals surface area contributed by atoms with Gasteiger partial charge in [-0.2, -0.15) is 52.7 Å². The second kappa shape index (κ2) is 11.3. The molecule has 0 bridgehead atoms. The van der Waals surface area contributed by atoms with Crippen molar-refractivity contribution in [2.24, 2.45) is 0 Å². The van der Waals surface area contributed by atoms with Gasteiger partial charge in [-0.3, -0.25) is 0 Å². The summed E-state index contributed by atoms with van der Waals surface area (Å²) in [5.41, 5.74) is -3.05. The quantitative estimate of drug-likeness (QED) is 0.160. The molecular formula is C29H18F12N2O2. The molecule has 0 spiro atoms. The summed E-state index contributed by atoms with van der Waals surface area (Å²) < 4.78 is 183. The van der Waals surface area contributed by atoms with Crippen molar-refractivity contribution in [2.45, 2.75) is 30.1 Å². The summed E-state index contributed by atoms with van der Waals surface area (Å²) in [5.74, 6) is -5.07. The van der Waals surface area contributed by atoms with Crippen LogP contribution in [0.25, 0.3) is 0 Å². The van der Waals surface area contributed by atoms with Crippen molar-refractivity contribution in [2.75, 3.05) is 11.5 Å². The molecule has 0 radical (unpaired) electrons. The summed E-state index contributed by atoms with van der Waals surface area (Å²) in [6, 6.07) is 9.73. The van der Waals surface area contributed by atoms with Gasteiger partial charge in [-0.15, -0.1) is 0 Å². The van der Waals surface area contributed by atoms with Crippen molar-refractivity contribution in [3.8, 4) is 23.0 Å². The highest BCUT2D eigenvalue weighted by Crippen LogP contribution is 2.61. The Morgan fingerprint density at radius 1 is 0.400 bits per heavy atom. The topological polar surface area (TPSA) is 70.5 Å². The van der Waals surface area contributed by atoms with Crippen LogP contribution in [0.15, 0.2) is 84.9 Å². The largest absolute Gasteiger partial charge is 0.456 e. The average Bonchev–Trinajstić information content (AvgIpc) is 2.88. The number of hydrogen-bond donors (Lipinski definition) is 2. The van der Waals surface area contributed by atoms with Crippen molar-refractivity contribution in [3.63, 3.8) is 0 Å². The number of hydrogen-bond acceptors (Lipinski definition) is 4. The molecule has 0 unspecified atom stereocenters. The summed E-state index contributed by atoms with van der Waals surface area (Å²) in [7, 11) is 0. The van der Waals surface area contributed by atoms with E-state index >= 15 is 26.3 Å². The van der Waals surface area contributed by atoms with E-state index in [1.54, 1.807) is 0 Å². The molecular weight excluding hydrogens is 636 g/mol. The van der Waals surface area contributed by atoms with Crippen molar-refractivity contribution in [3.05, 3.63) is 107 Å². The number of benzene rings is 4. The van der Waals surface area contributed by atoms with Gasteiger partial charge in [-0.05, 0) is 36.4 Å². The molecule has 0 amide bonds. The molecule has 4 N–H and O–H groups in total. The first-order chi connectivity index (χ1) is 20.7. The molecule has 0 aromatic heterocycles. The van der Waals surface area contributed by atoms with Crippen LogP contribution in [-0.2, 0) is 17.8 Å². The molecule has 0 aliphatic carbocycles. The standard InChI is InChI=1S/C29H18F12N2O2/c30-26(31,32)23-17(42)9-5-13-21(23)44-19-11-3-1-7-15(19)25(28(36,37)38,29(39,40)41)16-8-2-4-12-20(16)45-22-14-6-10-18(43)24(22)27(33,34)35/h1-14H,42-43H2. The van der Waals surface area contributed by atoms with E-state index in [1.807, 2.05) is 0 Å². The van der Waals surface area contributed by atoms with Crippen LogP contribution in [0, 0.1) is 0 Å². The van der Waals surface area contributed by atoms with Gasteiger partial charge >= 0.3 is 24.7 Å². The minimum atomic E-state index is -6.35. The Labute approximate surface area is 245 Å². The highest BCUT2D eigenvalue weighted by Gasteiger charge is 2.74. The van der Waals surface area contributed by atoms with Gasteiger partial charge in [-0.25, -0.2) is 0 Å². The fraction of sp³-hybridized carbons (Fsp3) is 0.172. The molecule has 0 aliphatic rings. The molecule has 4 nitrogen and oxygen atoms in total. The number of halogens is 12. The van der Waals surface area contributed by atoms with E-state index < -0.39 is 86.7 Å². The van der Waals surface area contributed by atoms with E-state index in [4.69, 9.17) is 20.9 Å². The normalized spacial score (nSPS) is 13.1. The average molecular weight is 654 g/mol. The zero-order chi connectivity index (χ0) is 33.6. The Bertz CT molecular complexity index is 1570. The summed E-state index contributed by atoms with van der Waals surface area (Å²) in [6.45, 7) is 0. The second-order valence-electron chi connectivity index (χ2n) is 9.38. The van der Waals surface area contributed by atoms with Gasteiger partial charge < -0.3 is 20.9 Å². The molecule has 0 atom stereocenters. The monoisotopic (exact) mass is 654 g/mol. The zero-order valence-corrected chi connectivity index (χ0v) is 22.1. The van der Waals surface area contributed by atoms with Crippen molar-refractivity contribution < 1.29 is 62.2 Å². The van der Waals surface area contributed by atoms with Gasteiger partial charge in [0, 0.05) is 22.5 Å². The van der Waals surface area contributed by atoms with Crippen LogP contribution >= 0.6 is 0 Å². The zero-order valence-electron chi connectivity index (χ0n) is 22.1. The Balaban J connectivity index is 2.05. The van der Waals surface area contributed by atoms with Crippen LogP contribution in [0.2, 0.25) is 0 Å². The summed E-state index contributed by atoms with van der Waals surface area (Å²) in [6.07, 6.45) is -23.2. The van der Waals surface area contributed by atoms with Gasteiger partial charge in [0.1, 0.15) is 34.1 Å². The Morgan fingerprint density at radius 2 is 0.711 bits per heavy atom. The molecule has 0 saturated carbocycles. The lowest BCUT2D eigenvalue weighted by Crippen LogP contribution is -2.55. The molecule has 4 aromatic rings. The van der Waals surface area contributed by atoms with Crippen LogP contribution in [0.5, 0.6) is 23.0 Å². The SMILES string of the molecule is Nc1cccc(Oc2ccccc2C(c2ccccc2Oc2cccc(N)c2C(F)(F)F)(C(F)(F)F)C(F)(F)F)c1C(F)(F)F. The maximum Gasteiger partial charge on any atom is 0.421 e. The molecule has 0 aliphatic heterocycles. The summed E-state index contributed by atoms with van der Waals surface area (Å²) in [5, 5.41) is 0. The van der Waals surface area contributed by atoms with Gasteiger partial charge in [0.25, 0.3) is 0 Å². The second-order valence-corrected chi connectivity index (χ2v) is 9.38. The molecule has 4 aromatic carbocycles. The van der Waals surface area contributed by atoms with Gasteiger partial charge in [0.15, 0.2) is 0 Å². The maximum atomic E-state index is 15.1. The van der Waals surface area contributed by atoms with Crippen molar-refractivity contribution in [1.82, 2.24) is 0 Å². The maximum absolute atomic E-state index is 15.1. The Kier molecular flexibility index (Phi) is 8.33. The third kappa shape index (κ3) is 6.00. The number of ether oxygens (including phenoxy) is 2. The van der Waals surface area contributed by atoms with Gasteiger partial charge in [-0.1, -0.05) is 48.5 Å². The van der Waals surface area contributed by atoms with E-state index in [-0.39, 0.29) is 0 Å². The highest BCUT2D eigenvalue weighted by atomic mass is 19.4. The van der Waals surface area contributed by atoms with Crippen LogP contribution in [-0.4, -0.2) is 12.4 Å². The minimum absolute atomic E-state index is 0.314. The number of rotatable bonds is 6. The fourth-order valence-corrected chi connectivity index (χ4v) is 4.76. The first-order valence-electron chi connectivity index (χ1n) is 12.3. The predicted octanol–water partition coefficient (Wildman–Crippen LogP) is 9.88. The number of nitrogen functional groups attached to an aromatic ring is 2.